The number of nitrogens with zero attached hydrogens (tertiary/aromatic N) is 5. The summed E-state index contributed by atoms with van der Waals surface area (Å²) in [6.07, 6.45) is 7.34. The van der Waals surface area contributed by atoms with Crippen molar-refractivity contribution in [2.24, 2.45) is 22.2 Å². The number of aromatic amines is 1. The van der Waals surface area contributed by atoms with E-state index >= 15 is 0 Å². The number of aliphatic imine (C=N–C) groups is 1. The summed E-state index contributed by atoms with van der Waals surface area (Å²) in [7, 11) is 0. The molecule has 0 bridgehead atoms. The van der Waals surface area contributed by atoms with E-state index in [4.69, 9.17) is 4.99 Å². The number of rotatable bonds is 8. The lowest BCUT2D eigenvalue weighted by Crippen LogP contribution is -2.51. The number of carbonyl (C=O) groups excluding carboxylic acids is 2. The van der Waals surface area contributed by atoms with Gasteiger partial charge in [0.15, 0.2) is 5.82 Å². The molecule has 9 nitrogen and oxygen atoms in total. The van der Waals surface area contributed by atoms with Crippen LogP contribution in [0.5, 0.6) is 0 Å². The van der Waals surface area contributed by atoms with Gasteiger partial charge < -0.3 is 10.2 Å². The Morgan fingerprint density at radius 2 is 1.86 bits per heavy atom. The molecule has 2 amide bonds. The van der Waals surface area contributed by atoms with Crippen LogP contribution in [-0.4, -0.2) is 49.2 Å². The van der Waals surface area contributed by atoms with E-state index in [1.165, 1.54) is 0 Å². The van der Waals surface area contributed by atoms with Crippen molar-refractivity contribution < 1.29 is 9.59 Å². The first kappa shape index (κ1) is 26.0. The second kappa shape index (κ2) is 10.5. The van der Waals surface area contributed by atoms with Crippen LogP contribution >= 0.6 is 0 Å². The maximum absolute atomic E-state index is 13.3. The summed E-state index contributed by atoms with van der Waals surface area (Å²) in [5.41, 5.74) is 1.40. The highest BCUT2D eigenvalue weighted by Gasteiger charge is 2.49. The molecule has 1 aromatic heterocycles. The van der Waals surface area contributed by atoms with Crippen molar-refractivity contribution >= 4 is 18.0 Å². The Hall–Kier alpha value is -3.10. The molecule has 2 N–H and O–H groups in total. The molecule has 2 aromatic rings. The van der Waals surface area contributed by atoms with E-state index in [-0.39, 0.29) is 29.8 Å². The number of tetrazole rings is 1. The lowest BCUT2D eigenvalue weighted by atomic mass is 9.69. The number of hydrogen-bond acceptors (Lipinski definition) is 6. The molecule has 1 atom stereocenters. The van der Waals surface area contributed by atoms with Crippen molar-refractivity contribution in [2.45, 2.75) is 91.4 Å². The van der Waals surface area contributed by atoms with Gasteiger partial charge >= 0.3 is 0 Å². The van der Waals surface area contributed by atoms with E-state index in [0.29, 0.717) is 23.2 Å². The van der Waals surface area contributed by atoms with Gasteiger partial charge in [-0.2, -0.15) is 5.21 Å². The van der Waals surface area contributed by atoms with Gasteiger partial charge in [0, 0.05) is 5.56 Å². The number of hydrogen-bond donors (Lipinski definition) is 2. The van der Waals surface area contributed by atoms with Crippen LogP contribution in [0.3, 0.4) is 0 Å². The molecule has 0 saturated heterocycles. The summed E-state index contributed by atoms with van der Waals surface area (Å²) in [5.74, 6) is 1.37. The Bertz CT molecular complexity index is 1060. The number of H-pyrrole nitrogens is 1. The molecule has 2 aliphatic rings. The van der Waals surface area contributed by atoms with Gasteiger partial charge in [-0.1, -0.05) is 52.0 Å². The van der Waals surface area contributed by atoms with Gasteiger partial charge in [-0.05, 0) is 73.5 Å². The van der Waals surface area contributed by atoms with Gasteiger partial charge in [0.1, 0.15) is 5.66 Å². The first-order valence-electron chi connectivity index (χ1n) is 13.1. The van der Waals surface area contributed by atoms with E-state index in [9.17, 15) is 9.59 Å². The van der Waals surface area contributed by atoms with Crippen LogP contribution in [-0.2, 0) is 11.3 Å². The van der Waals surface area contributed by atoms with Gasteiger partial charge in [-0.3, -0.25) is 14.6 Å². The van der Waals surface area contributed by atoms with Gasteiger partial charge in [0.2, 0.25) is 0 Å². The van der Waals surface area contributed by atoms with Crippen LogP contribution in [0.15, 0.2) is 29.3 Å². The first-order valence-corrected chi connectivity index (χ1v) is 13.1. The zero-order chi connectivity index (χ0) is 25.9. The number of benzene rings is 1. The molecule has 194 valence electrons. The monoisotopic (exact) mass is 493 g/mol. The summed E-state index contributed by atoms with van der Waals surface area (Å²) < 4.78 is 0. The Labute approximate surface area is 213 Å². The molecule has 1 saturated carbocycles. The zero-order valence-electron chi connectivity index (χ0n) is 22.1. The highest BCUT2D eigenvalue weighted by Crippen LogP contribution is 2.48. The fraction of sp³-hybridized carbons (Fsp3) is 0.630. The lowest BCUT2D eigenvalue weighted by molar-refractivity contribution is -0.133. The summed E-state index contributed by atoms with van der Waals surface area (Å²) in [4.78, 5) is 32.8. The molecule has 1 aliphatic heterocycles. The number of aromatic nitrogens is 4. The van der Waals surface area contributed by atoms with Crippen LogP contribution in [0.2, 0.25) is 0 Å². The topological polar surface area (TPSA) is 116 Å². The lowest BCUT2D eigenvalue weighted by Gasteiger charge is -2.47. The number of carbonyl (C=O) groups is 2. The predicted octanol–water partition coefficient (Wildman–Crippen LogP) is 4.45. The van der Waals surface area contributed by atoms with E-state index in [1.54, 1.807) is 6.21 Å². The molecule has 1 unspecified atom stereocenters. The van der Waals surface area contributed by atoms with Gasteiger partial charge in [0.05, 0.1) is 18.8 Å². The van der Waals surface area contributed by atoms with E-state index in [0.717, 1.165) is 44.1 Å². The third kappa shape index (κ3) is 5.65. The third-order valence-corrected chi connectivity index (χ3v) is 7.80. The van der Waals surface area contributed by atoms with Crippen molar-refractivity contribution in [3.63, 3.8) is 0 Å². The van der Waals surface area contributed by atoms with Crippen molar-refractivity contribution in [1.29, 1.82) is 0 Å². The van der Waals surface area contributed by atoms with Crippen LogP contribution in [0.25, 0.3) is 0 Å². The second-order valence-corrected chi connectivity index (χ2v) is 11.7. The van der Waals surface area contributed by atoms with Gasteiger partial charge in [-0.25, -0.2) is 0 Å². The molecule has 36 heavy (non-hydrogen) atoms. The number of amides is 2. The average molecular weight is 494 g/mol. The molecule has 1 aliphatic carbocycles. The molecular formula is C27H39N7O2. The van der Waals surface area contributed by atoms with E-state index < -0.39 is 5.66 Å². The number of nitrogens with one attached hydrogen (secondary N) is 2. The highest BCUT2D eigenvalue weighted by atomic mass is 16.2. The molecular weight excluding hydrogens is 454 g/mol. The molecule has 0 radical (unpaired) electrons. The SMILES string of the molecule is CC(C)CCC(c1ccc(C(=O)NCc2nn[nH]n2)cc1)N1C(=O)C=NC12CCC(C(C)(C)C)CC2. The smallest absolute Gasteiger partial charge is 0.267 e. The standard InChI is InChI=1S/C27H39N7O2/c1-18(2)6-11-22(19-7-9-20(10-8-19)25(36)28-16-23-30-32-33-31-23)34-24(35)17-29-27(34)14-12-21(13-15-27)26(3,4)5/h7-10,17-18,21-22H,6,11-16H2,1-5H3,(H,28,36)(H,30,31,32,33). The fourth-order valence-electron chi connectivity index (χ4n) is 5.58. The van der Waals surface area contributed by atoms with Crippen LogP contribution < -0.4 is 5.32 Å². The minimum absolute atomic E-state index is 0.0000959. The Kier molecular flexibility index (Phi) is 7.57. The Morgan fingerprint density at radius 3 is 2.44 bits per heavy atom. The second-order valence-electron chi connectivity index (χ2n) is 11.7. The van der Waals surface area contributed by atoms with E-state index in [2.05, 4.69) is 65.5 Å². The summed E-state index contributed by atoms with van der Waals surface area (Å²) in [6.45, 7) is 11.5. The molecule has 1 fully saturated rings. The normalized spacial score (nSPS) is 23.0. The average Bonchev–Trinajstić information content (AvgIpc) is 3.47. The minimum atomic E-state index is -0.457. The fourth-order valence-corrected chi connectivity index (χ4v) is 5.58. The highest BCUT2D eigenvalue weighted by molar-refractivity contribution is 6.28. The van der Waals surface area contributed by atoms with Gasteiger partial charge in [-0.15, -0.1) is 10.2 Å². The Balaban J connectivity index is 1.54. The first-order chi connectivity index (χ1) is 17.1. The summed E-state index contributed by atoms with van der Waals surface area (Å²) in [5, 5.41) is 16.4. The van der Waals surface area contributed by atoms with Crippen LogP contribution in [0.1, 0.15) is 101 Å². The van der Waals surface area contributed by atoms with Crippen molar-refractivity contribution in [3.05, 3.63) is 41.2 Å². The van der Waals surface area contributed by atoms with Crippen LogP contribution in [0.4, 0.5) is 0 Å². The molecule has 4 rings (SSSR count). The molecule has 9 heteroatoms. The van der Waals surface area contributed by atoms with Crippen molar-refractivity contribution in [2.75, 3.05) is 0 Å². The molecule has 2 heterocycles. The largest absolute Gasteiger partial charge is 0.345 e. The molecule has 1 spiro atoms. The summed E-state index contributed by atoms with van der Waals surface area (Å²) >= 11 is 0. The van der Waals surface area contributed by atoms with Crippen molar-refractivity contribution in [3.8, 4) is 0 Å². The third-order valence-electron chi connectivity index (χ3n) is 7.80. The molecule has 1 aromatic carbocycles. The Morgan fingerprint density at radius 1 is 1.17 bits per heavy atom. The van der Waals surface area contributed by atoms with E-state index in [1.807, 2.05) is 24.3 Å². The zero-order valence-corrected chi connectivity index (χ0v) is 22.1. The minimum Gasteiger partial charge on any atom is -0.345 e. The predicted molar refractivity (Wildman–Crippen MR) is 138 cm³/mol. The van der Waals surface area contributed by atoms with Crippen molar-refractivity contribution in [1.82, 2.24) is 30.8 Å². The van der Waals surface area contributed by atoms with Gasteiger partial charge in [0.25, 0.3) is 11.8 Å². The maximum atomic E-state index is 13.3. The summed E-state index contributed by atoms with van der Waals surface area (Å²) in [6, 6.07) is 7.54. The maximum Gasteiger partial charge on any atom is 0.267 e. The van der Waals surface area contributed by atoms with Crippen LogP contribution in [0, 0.1) is 17.3 Å². The quantitative estimate of drug-likeness (QED) is 0.563.